The lowest BCUT2D eigenvalue weighted by Crippen LogP contribution is -2.24. The lowest BCUT2D eigenvalue weighted by molar-refractivity contribution is -0.120. The van der Waals surface area contributed by atoms with Crippen LogP contribution in [0.4, 0.5) is 0 Å². The van der Waals surface area contributed by atoms with E-state index in [4.69, 9.17) is 0 Å². The van der Waals surface area contributed by atoms with Gasteiger partial charge >= 0.3 is 0 Å². The minimum atomic E-state index is 0.00708. The van der Waals surface area contributed by atoms with Gasteiger partial charge in [0.1, 0.15) is 0 Å². The van der Waals surface area contributed by atoms with Crippen LogP contribution < -0.4 is 5.32 Å². The molecule has 2 N–H and O–H groups in total. The molecule has 0 aliphatic carbocycles. The minimum absolute atomic E-state index is 0.00708. The van der Waals surface area contributed by atoms with E-state index in [2.05, 4.69) is 15.5 Å². The van der Waals surface area contributed by atoms with E-state index in [0.29, 0.717) is 13.0 Å². The molecule has 0 aromatic carbocycles. The molecule has 2 heterocycles. The maximum atomic E-state index is 11.5. The molecule has 5 heteroatoms. The summed E-state index contributed by atoms with van der Waals surface area (Å²) in [4.78, 5) is 12.6. The van der Waals surface area contributed by atoms with Gasteiger partial charge in [0.05, 0.1) is 13.0 Å². The Kier molecular flexibility index (Phi) is 3.14. The van der Waals surface area contributed by atoms with Crippen molar-refractivity contribution in [1.82, 2.24) is 15.5 Å². The molecule has 0 atom stereocenters. The summed E-state index contributed by atoms with van der Waals surface area (Å²) < 4.78 is 0. The zero-order valence-corrected chi connectivity index (χ0v) is 8.88. The number of carbonyl (C=O) groups excluding carboxylic acids is 1. The lowest BCUT2D eigenvalue weighted by Gasteiger charge is -2.01. The van der Waals surface area contributed by atoms with E-state index >= 15 is 0 Å². The number of thiophene rings is 1. The maximum absolute atomic E-state index is 11.5. The summed E-state index contributed by atoms with van der Waals surface area (Å²) in [5.41, 5.74) is 0.832. The molecule has 2 aromatic rings. The van der Waals surface area contributed by atoms with Crippen molar-refractivity contribution in [2.24, 2.45) is 0 Å². The molecular formula is C10H11N3OS. The van der Waals surface area contributed by atoms with Crippen molar-refractivity contribution in [2.75, 3.05) is 0 Å². The number of hydrogen-bond acceptors (Lipinski definition) is 3. The van der Waals surface area contributed by atoms with Crippen molar-refractivity contribution < 1.29 is 4.79 Å². The van der Waals surface area contributed by atoms with Crippen LogP contribution in [0.2, 0.25) is 0 Å². The van der Waals surface area contributed by atoms with Crippen molar-refractivity contribution in [1.29, 1.82) is 0 Å². The Morgan fingerprint density at radius 1 is 1.53 bits per heavy atom. The van der Waals surface area contributed by atoms with Crippen LogP contribution in [-0.2, 0) is 17.8 Å². The fraction of sp³-hybridized carbons (Fsp3) is 0.200. The number of aromatic amines is 1. The third-order valence-corrected chi connectivity index (χ3v) is 2.83. The first kappa shape index (κ1) is 9.92. The Labute approximate surface area is 91.3 Å². The first-order valence-electron chi connectivity index (χ1n) is 4.62. The van der Waals surface area contributed by atoms with Crippen LogP contribution in [0.25, 0.3) is 0 Å². The summed E-state index contributed by atoms with van der Waals surface area (Å²) in [5.74, 6) is 0.00708. The van der Waals surface area contributed by atoms with E-state index in [1.165, 1.54) is 0 Å². The predicted octanol–water partition coefficient (Wildman–Crippen LogP) is 1.33. The summed E-state index contributed by atoms with van der Waals surface area (Å²) in [6.07, 6.45) is 1.99. The Balaban J connectivity index is 1.78. The Morgan fingerprint density at radius 2 is 2.47 bits per heavy atom. The zero-order valence-electron chi connectivity index (χ0n) is 8.06. The normalized spacial score (nSPS) is 10.1. The molecule has 0 bridgehead atoms. The molecule has 2 rings (SSSR count). The van der Waals surface area contributed by atoms with Gasteiger partial charge in [0.25, 0.3) is 0 Å². The molecule has 2 aromatic heterocycles. The van der Waals surface area contributed by atoms with E-state index < -0.39 is 0 Å². The average molecular weight is 221 g/mol. The number of H-pyrrole nitrogens is 1. The van der Waals surface area contributed by atoms with E-state index in [1.54, 1.807) is 23.6 Å². The number of rotatable bonds is 4. The van der Waals surface area contributed by atoms with Crippen LogP contribution in [-0.4, -0.2) is 16.1 Å². The molecule has 0 aliphatic heterocycles. The quantitative estimate of drug-likeness (QED) is 0.818. The van der Waals surface area contributed by atoms with E-state index in [-0.39, 0.29) is 5.91 Å². The molecule has 0 saturated carbocycles. The van der Waals surface area contributed by atoms with Gasteiger partial charge in [-0.2, -0.15) is 5.10 Å². The van der Waals surface area contributed by atoms with Gasteiger partial charge in [-0.15, -0.1) is 11.3 Å². The minimum Gasteiger partial charge on any atom is -0.351 e. The molecule has 4 nitrogen and oxygen atoms in total. The van der Waals surface area contributed by atoms with E-state index in [9.17, 15) is 4.79 Å². The second-order valence-corrected chi connectivity index (χ2v) is 4.15. The van der Waals surface area contributed by atoms with Crippen LogP contribution in [0.5, 0.6) is 0 Å². The van der Waals surface area contributed by atoms with Gasteiger partial charge < -0.3 is 5.32 Å². The van der Waals surface area contributed by atoms with E-state index in [0.717, 1.165) is 10.6 Å². The predicted molar refractivity (Wildman–Crippen MR) is 58.5 cm³/mol. The summed E-state index contributed by atoms with van der Waals surface area (Å²) in [6.45, 7) is 0.602. The zero-order chi connectivity index (χ0) is 10.5. The summed E-state index contributed by atoms with van der Waals surface area (Å²) in [7, 11) is 0. The van der Waals surface area contributed by atoms with Crippen molar-refractivity contribution in [3.05, 3.63) is 40.3 Å². The average Bonchev–Trinajstić information content (AvgIpc) is 2.86. The molecule has 0 aliphatic rings. The summed E-state index contributed by atoms with van der Waals surface area (Å²) >= 11 is 1.64. The number of nitrogens with zero attached hydrogens (tertiary/aromatic N) is 1. The molecule has 0 spiro atoms. The number of amides is 1. The van der Waals surface area contributed by atoms with Crippen molar-refractivity contribution >= 4 is 17.2 Å². The van der Waals surface area contributed by atoms with Gasteiger partial charge in [-0.25, -0.2) is 0 Å². The molecule has 0 saturated heterocycles. The van der Waals surface area contributed by atoms with Gasteiger partial charge in [0.2, 0.25) is 5.91 Å². The first-order chi connectivity index (χ1) is 7.34. The molecule has 15 heavy (non-hydrogen) atoms. The third kappa shape index (κ3) is 2.92. The molecule has 0 fully saturated rings. The van der Waals surface area contributed by atoms with Gasteiger partial charge in [-0.05, 0) is 17.5 Å². The highest BCUT2D eigenvalue weighted by atomic mass is 32.1. The molecule has 0 radical (unpaired) electrons. The second-order valence-electron chi connectivity index (χ2n) is 3.11. The van der Waals surface area contributed by atoms with Crippen molar-refractivity contribution in [3.8, 4) is 0 Å². The topological polar surface area (TPSA) is 57.8 Å². The fourth-order valence-electron chi connectivity index (χ4n) is 1.22. The van der Waals surface area contributed by atoms with Gasteiger partial charge in [-0.3, -0.25) is 9.89 Å². The Hall–Kier alpha value is -1.62. The van der Waals surface area contributed by atoms with Crippen LogP contribution in [0, 0.1) is 0 Å². The molecule has 0 unspecified atom stereocenters. The number of carbonyl (C=O) groups is 1. The summed E-state index contributed by atoms with van der Waals surface area (Å²) in [6, 6.07) is 5.77. The Morgan fingerprint density at radius 3 is 3.13 bits per heavy atom. The van der Waals surface area contributed by atoms with Crippen LogP contribution in [0.1, 0.15) is 10.6 Å². The second kappa shape index (κ2) is 4.75. The highest BCUT2D eigenvalue weighted by Crippen LogP contribution is 2.07. The van der Waals surface area contributed by atoms with Crippen LogP contribution in [0.15, 0.2) is 29.8 Å². The smallest absolute Gasteiger partial charge is 0.226 e. The lowest BCUT2D eigenvalue weighted by atomic mass is 10.3. The number of nitrogens with one attached hydrogen (secondary N) is 2. The largest absolute Gasteiger partial charge is 0.351 e. The summed E-state index contributed by atoms with van der Waals surface area (Å²) in [5, 5.41) is 11.4. The number of aromatic nitrogens is 2. The standard InChI is InChI=1S/C10H11N3OS/c14-10(6-8-3-4-12-13-8)11-7-9-2-1-5-15-9/h1-5H,6-7H2,(H,11,14)(H,12,13). The first-order valence-corrected chi connectivity index (χ1v) is 5.50. The van der Waals surface area contributed by atoms with Crippen LogP contribution in [0.3, 0.4) is 0 Å². The van der Waals surface area contributed by atoms with Crippen molar-refractivity contribution in [2.45, 2.75) is 13.0 Å². The highest BCUT2D eigenvalue weighted by molar-refractivity contribution is 7.09. The van der Waals surface area contributed by atoms with Gasteiger partial charge in [0, 0.05) is 16.8 Å². The van der Waals surface area contributed by atoms with Crippen LogP contribution >= 0.6 is 11.3 Å². The third-order valence-electron chi connectivity index (χ3n) is 1.95. The Bertz CT molecular complexity index is 408. The molecule has 78 valence electrons. The highest BCUT2D eigenvalue weighted by Gasteiger charge is 2.03. The van der Waals surface area contributed by atoms with Gasteiger partial charge in [0.15, 0.2) is 0 Å². The van der Waals surface area contributed by atoms with Gasteiger partial charge in [-0.1, -0.05) is 6.07 Å². The van der Waals surface area contributed by atoms with Crippen molar-refractivity contribution in [3.63, 3.8) is 0 Å². The molecular weight excluding hydrogens is 210 g/mol. The maximum Gasteiger partial charge on any atom is 0.226 e. The SMILES string of the molecule is O=C(Cc1ccn[nH]1)NCc1cccs1. The fourth-order valence-corrected chi connectivity index (χ4v) is 1.86. The van der Waals surface area contributed by atoms with E-state index in [1.807, 2.05) is 17.5 Å². The monoisotopic (exact) mass is 221 g/mol. The number of hydrogen-bond donors (Lipinski definition) is 2. The molecule has 1 amide bonds.